The summed E-state index contributed by atoms with van der Waals surface area (Å²) in [4.78, 5) is 3.93. The van der Waals surface area contributed by atoms with Gasteiger partial charge < -0.3 is 4.57 Å². The molecule has 1 heterocycles. The predicted molar refractivity (Wildman–Crippen MR) is 73.2 cm³/mol. The molecule has 18 heavy (non-hydrogen) atoms. The minimum Gasteiger partial charge on any atom is -0.336 e. The lowest BCUT2D eigenvalue weighted by Gasteiger charge is -2.13. The lowest BCUT2D eigenvalue weighted by atomic mass is 10.1. The van der Waals surface area contributed by atoms with E-state index in [9.17, 15) is 8.42 Å². The van der Waals surface area contributed by atoms with Crippen molar-refractivity contribution in [2.45, 2.75) is 37.8 Å². The zero-order chi connectivity index (χ0) is 13.2. The molecule has 0 spiro atoms. The van der Waals surface area contributed by atoms with Gasteiger partial charge in [-0.05, 0) is 31.6 Å². The molecule has 1 aliphatic carbocycles. The molecule has 1 aliphatic rings. The third kappa shape index (κ3) is 3.13. The smallest absolute Gasteiger partial charge is 0.259 e. The van der Waals surface area contributed by atoms with Crippen LogP contribution in [0.1, 0.15) is 26.2 Å². The Morgan fingerprint density at radius 3 is 2.78 bits per heavy atom. The van der Waals surface area contributed by atoms with Gasteiger partial charge in [0.15, 0.2) is 5.03 Å². The Hall–Kier alpha value is -0.400. The van der Waals surface area contributed by atoms with Crippen molar-refractivity contribution >= 4 is 26.0 Å². The summed E-state index contributed by atoms with van der Waals surface area (Å²) in [7, 11) is -3.46. The van der Waals surface area contributed by atoms with Crippen molar-refractivity contribution in [3.8, 4) is 0 Å². The Balaban J connectivity index is 1.99. The summed E-state index contributed by atoms with van der Waals surface area (Å²) >= 11 is 3.41. The number of halogens is 1. The van der Waals surface area contributed by atoms with Gasteiger partial charge in [-0.1, -0.05) is 15.9 Å². The minimum absolute atomic E-state index is 0.110. The van der Waals surface area contributed by atoms with Crippen molar-refractivity contribution in [2.24, 2.45) is 5.41 Å². The molecule has 0 bridgehead atoms. The number of aromatic nitrogens is 2. The molecule has 1 N–H and O–H groups in total. The molecule has 0 atom stereocenters. The maximum absolute atomic E-state index is 12.0. The quantitative estimate of drug-likeness (QED) is 0.772. The van der Waals surface area contributed by atoms with Crippen LogP contribution in [0.4, 0.5) is 0 Å². The molecule has 0 aliphatic heterocycles. The Labute approximate surface area is 116 Å². The molecular weight excluding hydrogens is 318 g/mol. The van der Waals surface area contributed by atoms with Crippen LogP contribution in [0.3, 0.4) is 0 Å². The van der Waals surface area contributed by atoms with Gasteiger partial charge in [-0.2, -0.15) is 0 Å². The van der Waals surface area contributed by atoms with Crippen LogP contribution in [-0.4, -0.2) is 29.8 Å². The largest absolute Gasteiger partial charge is 0.336 e. The molecule has 1 aromatic rings. The van der Waals surface area contributed by atoms with Gasteiger partial charge in [0.25, 0.3) is 10.0 Å². The Kier molecular flexibility index (Phi) is 4.13. The second kappa shape index (κ2) is 5.30. The van der Waals surface area contributed by atoms with Crippen LogP contribution in [0.25, 0.3) is 0 Å². The number of sulfonamides is 1. The number of nitrogens with one attached hydrogen (secondary N) is 1. The second-order valence-electron chi connectivity index (χ2n) is 4.81. The number of hydrogen-bond donors (Lipinski definition) is 1. The van der Waals surface area contributed by atoms with Gasteiger partial charge >= 0.3 is 0 Å². The van der Waals surface area contributed by atoms with Crippen LogP contribution in [0.5, 0.6) is 0 Å². The molecule has 102 valence electrons. The van der Waals surface area contributed by atoms with Crippen LogP contribution in [-0.2, 0) is 16.6 Å². The van der Waals surface area contributed by atoms with Gasteiger partial charge in [-0.25, -0.2) is 18.1 Å². The number of aryl methyl sites for hydroxylation is 1. The van der Waals surface area contributed by atoms with E-state index in [2.05, 4.69) is 25.6 Å². The van der Waals surface area contributed by atoms with E-state index in [0.717, 1.165) is 31.1 Å². The van der Waals surface area contributed by atoms with Crippen molar-refractivity contribution in [3.05, 3.63) is 12.5 Å². The first-order valence-electron chi connectivity index (χ1n) is 6.09. The fourth-order valence-electron chi connectivity index (χ4n) is 1.87. The highest BCUT2D eigenvalue weighted by atomic mass is 79.9. The Bertz CT molecular complexity index is 508. The first-order valence-corrected chi connectivity index (χ1v) is 8.69. The molecule has 1 aromatic heterocycles. The average Bonchev–Trinajstić information content (AvgIpc) is 2.93. The van der Waals surface area contributed by atoms with Gasteiger partial charge in [-0.15, -0.1) is 0 Å². The number of hydrogen-bond acceptors (Lipinski definition) is 3. The maximum atomic E-state index is 12.0. The van der Waals surface area contributed by atoms with E-state index < -0.39 is 10.0 Å². The van der Waals surface area contributed by atoms with E-state index >= 15 is 0 Å². The summed E-state index contributed by atoms with van der Waals surface area (Å²) in [6, 6.07) is 0. The first kappa shape index (κ1) is 14.0. The molecule has 0 aromatic carbocycles. The van der Waals surface area contributed by atoms with E-state index in [-0.39, 0.29) is 10.4 Å². The number of imidazole rings is 1. The van der Waals surface area contributed by atoms with E-state index in [1.807, 2.05) is 6.92 Å². The second-order valence-corrected chi connectivity index (χ2v) is 7.31. The normalized spacial score (nSPS) is 17.9. The SMILES string of the molecule is CCn1cnc(S(=O)(=O)NCC2(CCBr)CC2)c1. The summed E-state index contributed by atoms with van der Waals surface area (Å²) in [6.45, 7) is 3.18. The third-order valence-corrected chi connectivity index (χ3v) is 5.15. The fraction of sp³-hybridized carbons (Fsp3) is 0.727. The summed E-state index contributed by atoms with van der Waals surface area (Å²) in [5.41, 5.74) is 0.171. The van der Waals surface area contributed by atoms with Crippen molar-refractivity contribution in [3.63, 3.8) is 0 Å². The van der Waals surface area contributed by atoms with Crippen LogP contribution in [0.2, 0.25) is 0 Å². The van der Waals surface area contributed by atoms with Crippen molar-refractivity contribution < 1.29 is 8.42 Å². The Morgan fingerprint density at radius 2 is 2.28 bits per heavy atom. The van der Waals surface area contributed by atoms with Crippen LogP contribution < -0.4 is 4.72 Å². The van der Waals surface area contributed by atoms with Gasteiger partial charge in [0.2, 0.25) is 0 Å². The first-order chi connectivity index (χ1) is 8.51. The lowest BCUT2D eigenvalue weighted by molar-refractivity contribution is 0.479. The minimum atomic E-state index is -3.46. The Morgan fingerprint density at radius 1 is 1.56 bits per heavy atom. The standard InChI is InChI=1S/C11H18BrN3O2S/c1-2-15-7-10(13-9-15)18(16,17)14-8-11(3-4-11)5-6-12/h7,9,14H,2-6,8H2,1H3. The summed E-state index contributed by atoms with van der Waals surface area (Å²) < 4.78 is 28.5. The maximum Gasteiger partial charge on any atom is 0.259 e. The van der Waals surface area contributed by atoms with Gasteiger partial charge in [0, 0.05) is 24.6 Å². The molecular formula is C11H18BrN3O2S. The van der Waals surface area contributed by atoms with Crippen LogP contribution in [0.15, 0.2) is 17.6 Å². The topological polar surface area (TPSA) is 64.0 Å². The van der Waals surface area contributed by atoms with Crippen LogP contribution >= 0.6 is 15.9 Å². The molecule has 0 saturated heterocycles. The molecule has 0 amide bonds. The van der Waals surface area contributed by atoms with E-state index in [4.69, 9.17) is 0 Å². The van der Waals surface area contributed by atoms with Gasteiger partial charge in [-0.3, -0.25) is 0 Å². The summed E-state index contributed by atoms with van der Waals surface area (Å²) in [5.74, 6) is 0. The van der Waals surface area contributed by atoms with Crippen molar-refractivity contribution in [1.82, 2.24) is 14.3 Å². The van der Waals surface area contributed by atoms with E-state index in [1.165, 1.54) is 0 Å². The van der Waals surface area contributed by atoms with E-state index in [0.29, 0.717) is 6.54 Å². The lowest BCUT2D eigenvalue weighted by Crippen LogP contribution is -2.30. The zero-order valence-electron chi connectivity index (χ0n) is 10.4. The fourth-order valence-corrected chi connectivity index (χ4v) is 3.81. The third-order valence-electron chi connectivity index (χ3n) is 3.47. The molecule has 0 radical (unpaired) electrons. The highest BCUT2D eigenvalue weighted by molar-refractivity contribution is 9.09. The van der Waals surface area contributed by atoms with Crippen molar-refractivity contribution in [2.75, 3.05) is 11.9 Å². The molecule has 0 unspecified atom stereocenters. The summed E-state index contributed by atoms with van der Waals surface area (Å²) in [5, 5.41) is 1.03. The average molecular weight is 336 g/mol. The number of alkyl halides is 1. The molecule has 7 heteroatoms. The summed E-state index contributed by atoms with van der Waals surface area (Å²) in [6.07, 6.45) is 6.32. The highest BCUT2D eigenvalue weighted by Gasteiger charge is 2.42. The van der Waals surface area contributed by atoms with Crippen LogP contribution in [0, 0.1) is 5.41 Å². The number of nitrogens with zero attached hydrogens (tertiary/aromatic N) is 2. The molecule has 1 fully saturated rings. The van der Waals surface area contributed by atoms with Gasteiger partial charge in [0.05, 0.1) is 6.33 Å². The zero-order valence-corrected chi connectivity index (χ0v) is 12.8. The van der Waals surface area contributed by atoms with Crippen molar-refractivity contribution in [1.29, 1.82) is 0 Å². The number of rotatable bonds is 7. The molecule has 1 saturated carbocycles. The predicted octanol–water partition coefficient (Wildman–Crippen LogP) is 1.75. The van der Waals surface area contributed by atoms with E-state index in [1.54, 1.807) is 17.1 Å². The highest BCUT2D eigenvalue weighted by Crippen LogP contribution is 2.48. The van der Waals surface area contributed by atoms with Gasteiger partial charge in [0.1, 0.15) is 0 Å². The molecule has 2 rings (SSSR count). The molecule has 5 nitrogen and oxygen atoms in total. The monoisotopic (exact) mass is 335 g/mol.